The maximum atomic E-state index is 8.71. The molecule has 1 aromatic rings. The zero-order chi connectivity index (χ0) is 10.6. The van der Waals surface area contributed by atoms with E-state index in [2.05, 4.69) is 4.98 Å². The molecule has 6 heteroatoms. The predicted molar refractivity (Wildman–Crippen MR) is 54.1 cm³/mol. The number of aromatic nitrogens is 2. The lowest BCUT2D eigenvalue weighted by Crippen LogP contribution is -2.13. The molecule has 0 aliphatic heterocycles. The van der Waals surface area contributed by atoms with Gasteiger partial charge in [0.15, 0.2) is 0 Å². The monoisotopic (exact) mass is 210 g/mol. The maximum absolute atomic E-state index is 8.71. The first kappa shape index (κ1) is 10.6. The van der Waals surface area contributed by atoms with Crippen molar-refractivity contribution in [3.05, 3.63) is 16.5 Å². The van der Waals surface area contributed by atoms with Gasteiger partial charge in [-0.1, -0.05) is 0 Å². The highest BCUT2D eigenvalue weighted by molar-refractivity contribution is 7.71. The van der Waals surface area contributed by atoms with Gasteiger partial charge in [-0.2, -0.15) is 5.26 Å². The maximum Gasteiger partial charge on any atom is 0.201 e. The molecule has 0 aliphatic carbocycles. The quantitative estimate of drug-likeness (QED) is 0.743. The minimum atomic E-state index is 0.328. The summed E-state index contributed by atoms with van der Waals surface area (Å²) in [5.41, 5.74) is 6.04. The molecule has 0 radical (unpaired) electrons. The summed E-state index contributed by atoms with van der Waals surface area (Å²) in [7, 11) is 1.58. The summed E-state index contributed by atoms with van der Waals surface area (Å²) in [5, 5.41) is 8.71. The summed E-state index contributed by atoms with van der Waals surface area (Å²) in [6.45, 7) is 0.985. The summed E-state index contributed by atoms with van der Waals surface area (Å²) in [4.78, 5) is 3.88. The third-order valence-corrected chi connectivity index (χ3v) is 2.07. The molecule has 1 heterocycles. The molecule has 1 aromatic heterocycles. The summed E-state index contributed by atoms with van der Waals surface area (Å²) < 4.78 is 6.84. The second kappa shape index (κ2) is 4.69. The first-order chi connectivity index (χ1) is 6.70. The Morgan fingerprint density at radius 3 is 3.07 bits per heavy atom. The topological polar surface area (TPSA) is 76.9 Å². The third kappa shape index (κ3) is 2.07. The molecule has 0 fully saturated rings. The molecule has 0 saturated heterocycles. The van der Waals surface area contributed by atoms with Gasteiger partial charge in [0.05, 0.1) is 19.3 Å². The van der Waals surface area contributed by atoms with Crippen molar-refractivity contribution in [2.24, 2.45) is 0 Å². The number of rotatable bonds is 3. The standard InChI is InChI=1S/C8H10N4OS/c1-13-3-2-12-7(10)6(4-9)5-11-8(12)14/h5H,2-3,10H2,1H3. The Morgan fingerprint density at radius 2 is 2.50 bits per heavy atom. The van der Waals surface area contributed by atoms with Crippen molar-refractivity contribution in [2.75, 3.05) is 19.5 Å². The molecule has 0 aliphatic rings. The molecule has 1 rings (SSSR count). The van der Waals surface area contributed by atoms with Crippen LogP contribution in [0.3, 0.4) is 0 Å². The van der Waals surface area contributed by atoms with E-state index in [0.717, 1.165) is 0 Å². The number of hydrogen-bond donors (Lipinski definition) is 1. The fourth-order valence-electron chi connectivity index (χ4n) is 0.989. The Balaban J connectivity index is 3.14. The second-order valence-electron chi connectivity index (χ2n) is 2.60. The van der Waals surface area contributed by atoms with Gasteiger partial charge in [-0.05, 0) is 12.2 Å². The van der Waals surface area contributed by atoms with E-state index >= 15 is 0 Å². The van der Waals surface area contributed by atoms with Crippen molar-refractivity contribution in [3.8, 4) is 6.07 Å². The van der Waals surface area contributed by atoms with Crippen molar-refractivity contribution in [1.82, 2.24) is 9.55 Å². The molecular formula is C8H10N4OS. The zero-order valence-corrected chi connectivity index (χ0v) is 8.54. The highest BCUT2D eigenvalue weighted by atomic mass is 32.1. The number of hydrogen-bond acceptors (Lipinski definition) is 5. The van der Waals surface area contributed by atoms with Crippen molar-refractivity contribution >= 4 is 18.0 Å². The van der Waals surface area contributed by atoms with Gasteiger partial charge in [0.2, 0.25) is 4.77 Å². The van der Waals surface area contributed by atoms with Gasteiger partial charge in [0.25, 0.3) is 0 Å². The largest absolute Gasteiger partial charge is 0.384 e. The molecule has 14 heavy (non-hydrogen) atoms. The molecule has 0 atom stereocenters. The molecule has 74 valence electrons. The van der Waals surface area contributed by atoms with Gasteiger partial charge in [0.1, 0.15) is 17.5 Å². The minimum absolute atomic E-state index is 0.328. The summed E-state index contributed by atoms with van der Waals surface area (Å²) in [6.07, 6.45) is 1.38. The van der Waals surface area contributed by atoms with Gasteiger partial charge in [-0.15, -0.1) is 0 Å². The van der Waals surface area contributed by atoms with Crippen LogP contribution in [0, 0.1) is 16.1 Å². The predicted octanol–water partition coefficient (Wildman–Crippen LogP) is 0.713. The van der Waals surface area contributed by atoms with E-state index in [1.807, 2.05) is 6.07 Å². The first-order valence-electron chi connectivity index (χ1n) is 3.95. The van der Waals surface area contributed by atoms with Crippen LogP contribution in [0.5, 0.6) is 0 Å². The van der Waals surface area contributed by atoms with E-state index < -0.39 is 0 Å². The van der Waals surface area contributed by atoms with Crippen molar-refractivity contribution in [2.45, 2.75) is 6.54 Å². The zero-order valence-electron chi connectivity index (χ0n) is 7.73. The fourth-order valence-corrected chi connectivity index (χ4v) is 1.23. The smallest absolute Gasteiger partial charge is 0.201 e. The number of methoxy groups -OCH3 is 1. The molecule has 0 spiro atoms. The highest BCUT2D eigenvalue weighted by Crippen LogP contribution is 2.09. The number of nitrogen functional groups attached to an aromatic ring is 1. The average Bonchev–Trinajstić information content (AvgIpc) is 2.18. The normalized spacial score (nSPS) is 9.71. The SMILES string of the molecule is COCCn1c(N)c(C#N)cnc1=S. The van der Waals surface area contributed by atoms with Crippen LogP contribution in [0.2, 0.25) is 0 Å². The first-order valence-corrected chi connectivity index (χ1v) is 4.36. The number of nitriles is 1. The van der Waals surface area contributed by atoms with Crippen LogP contribution in [-0.2, 0) is 11.3 Å². The molecule has 0 saturated carbocycles. The molecule has 0 aromatic carbocycles. The van der Waals surface area contributed by atoms with E-state index in [1.165, 1.54) is 6.20 Å². The van der Waals surface area contributed by atoms with Gasteiger partial charge >= 0.3 is 0 Å². The Morgan fingerprint density at radius 1 is 1.79 bits per heavy atom. The molecule has 5 nitrogen and oxygen atoms in total. The Labute approximate surface area is 86.7 Å². The van der Waals surface area contributed by atoms with E-state index in [-0.39, 0.29) is 0 Å². The van der Waals surface area contributed by atoms with Crippen LogP contribution in [-0.4, -0.2) is 23.3 Å². The van der Waals surface area contributed by atoms with Crippen LogP contribution in [0.1, 0.15) is 5.56 Å². The number of nitrogens with two attached hydrogens (primary N) is 1. The van der Waals surface area contributed by atoms with Crippen molar-refractivity contribution in [1.29, 1.82) is 5.26 Å². The van der Waals surface area contributed by atoms with E-state index in [1.54, 1.807) is 11.7 Å². The van der Waals surface area contributed by atoms with Gasteiger partial charge in [0, 0.05) is 7.11 Å². The number of ether oxygens (including phenoxy) is 1. The van der Waals surface area contributed by atoms with Crippen LogP contribution in [0.15, 0.2) is 6.20 Å². The lowest BCUT2D eigenvalue weighted by molar-refractivity contribution is 0.187. The lowest BCUT2D eigenvalue weighted by atomic mass is 10.3. The lowest BCUT2D eigenvalue weighted by Gasteiger charge is -2.09. The molecule has 2 N–H and O–H groups in total. The van der Waals surface area contributed by atoms with Crippen LogP contribution in [0.4, 0.5) is 5.82 Å². The summed E-state index contributed by atoms with van der Waals surface area (Å²) in [6, 6.07) is 1.94. The summed E-state index contributed by atoms with van der Waals surface area (Å²) in [5.74, 6) is 0.338. The Hall–Kier alpha value is -1.45. The highest BCUT2D eigenvalue weighted by Gasteiger charge is 2.04. The van der Waals surface area contributed by atoms with Crippen molar-refractivity contribution in [3.63, 3.8) is 0 Å². The Kier molecular flexibility index (Phi) is 3.56. The second-order valence-corrected chi connectivity index (χ2v) is 2.96. The Bertz CT molecular complexity index is 420. The third-order valence-electron chi connectivity index (χ3n) is 1.74. The average molecular weight is 210 g/mol. The van der Waals surface area contributed by atoms with E-state index in [9.17, 15) is 0 Å². The van der Waals surface area contributed by atoms with Crippen molar-refractivity contribution < 1.29 is 4.74 Å². The minimum Gasteiger partial charge on any atom is -0.384 e. The van der Waals surface area contributed by atoms with Gasteiger partial charge in [-0.3, -0.25) is 0 Å². The van der Waals surface area contributed by atoms with E-state index in [0.29, 0.717) is 29.3 Å². The molecule has 0 unspecified atom stereocenters. The molecular weight excluding hydrogens is 200 g/mol. The van der Waals surface area contributed by atoms with E-state index in [4.69, 9.17) is 28.0 Å². The number of nitrogens with zero attached hydrogens (tertiary/aromatic N) is 3. The number of anilines is 1. The molecule has 0 bridgehead atoms. The fraction of sp³-hybridized carbons (Fsp3) is 0.375. The molecule has 0 amide bonds. The summed E-state index contributed by atoms with van der Waals surface area (Å²) >= 11 is 4.97. The van der Waals surface area contributed by atoms with Crippen LogP contribution < -0.4 is 5.73 Å². The van der Waals surface area contributed by atoms with Gasteiger partial charge in [-0.25, -0.2) is 4.98 Å². The van der Waals surface area contributed by atoms with Crippen LogP contribution in [0.25, 0.3) is 0 Å². The van der Waals surface area contributed by atoms with Gasteiger partial charge < -0.3 is 15.0 Å². The van der Waals surface area contributed by atoms with Crippen LogP contribution >= 0.6 is 12.2 Å².